The van der Waals surface area contributed by atoms with E-state index in [2.05, 4.69) is 27.7 Å². The molecule has 0 aromatic heterocycles. The van der Waals surface area contributed by atoms with E-state index in [1.54, 1.807) is 0 Å². The first-order valence-electron chi connectivity index (χ1n) is 18.0. The van der Waals surface area contributed by atoms with Crippen molar-refractivity contribution < 1.29 is 9.59 Å². The van der Waals surface area contributed by atoms with Gasteiger partial charge in [0.05, 0.1) is 0 Å². The smallest absolute Gasteiger partial charge is 0.134 e. The van der Waals surface area contributed by atoms with E-state index in [-0.39, 0.29) is 0 Å². The molecule has 0 spiro atoms. The molecule has 4 aliphatic carbocycles. The van der Waals surface area contributed by atoms with Gasteiger partial charge >= 0.3 is 0 Å². The first-order valence-corrected chi connectivity index (χ1v) is 18.0. The summed E-state index contributed by atoms with van der Waals surface area (Å²) in [6.45, 7) is 10.5. The Labute approximate surface area is 248 Å². The van der Waals surface area contributed by atoms with Crippen LogP contribution in [0.4, 0.5) is 0 Å². The monoisotopic (exact) mass is 556 g/mol. The Bertz CT molecular complexity index is 823. The molecule has 0 aromatic carbocycles. The molecule has 8 unspecified atom stereocenters. The first kappa shape index (κ1) is 32.2. The highest BCUT2D eigenvalue weighted by Crippen LogP contribution is 2.70. The number of rotatable bonds is 16. The van der Waals surface area contributed by atoms with Crippen LogP contribution < -0.4 is 5.73 Å². The maximum atomic E-state index is 13.0. The Morgan fingerprint density at radius 1 is 0.800 bits per heavy atom. The van der Waals surface area contributed by atoms with E-state index in [1.807, 2.05) is 0 Å². The lowest BCUT2D eigenvalue weighted by Gasteiger charge is -2.63. The van der Waals surface area contributed by atoms with E-state index in [9.17, 15) is 9.59 Å². The summed E-state index contributed by atoms with van der Waals surface area (Å²) in [5, 5.41) is 0. The summed E-state index contributed by atoms with van der Waals surface area (Å²) in [4.78, 5) is 25.7. The van der Waals surface area contributed by atoms with Crippen LogP contribution in [0.1, 0.15) is 163 Å². The maximum Gasteiger partial charge on any atom is 0.134 e. The third-order valence-electron chi connectivity index (χ3n) is 13.4. The lowest BCUT2D eigenvalue weighted by atomic mass is 9.42. The number of hydrogen-bond acceptors (Lipinski definition) is 3. The van der Waals surface area contributed by atoms with E-state index < -0.39 is 0 Å². The average molecular weight is 556 g/mol. The Hall–Kier alpha value is -0.700. The van der Waals surface area contributed by atoms with Crippen molar-refractivity contribution in [3.05, 3.63) is 0 Å². The third-order valence-corrected chi connectivity index (χ3v) is 13.4. The van der Waals surface area contributed by atoms with Gasteiger partial charge in [0.25, 0.3) is 0 Å². The zero-order valence-corrected chi connectivity index (χ0v) is 27.0. The topological polar surface area (TPSA) is 60.2 Å². The van der Waals surface area contributed by atoms with Crippen molar-refractivity contribution in [2.45, 2.75) is 163 Å². The van der Waals surface area contributed by atoms with Crippen molar-refractivity contribution in [3.63, 3.8) is 0 Å². The van der Waals surface area contributed by atoms with E-state index >= 15 is 0 Å². The molecule has 0 amide bonds. The number of fused-ring (bicyclic) bond motifs is 5. The van der Waals surface area contributed by atoms with Gasteiger partial charge in [-0.1, -0.05) is 79.1 Å². The lowest BCUT2D eigenvalue weighted by molar-refractivity contribution is -0.148. The molecule has 0 saturated heterocycles. The minimum Gasteiger partial charge on any atom is -0.330 e. The van der Waals surface area contributed by atoms with E-state index in [4.69, 9.17) is 5.73 Å². The Morgan fingerprint density at radius 2 is 1.52 bits per heavy atom. The van der Waals surface area contributed by atoms with Gasteiger partial charge in [-0.2, -0.15) is 0 Å². The molecule has 4 fully saturated rings. The van der Waals surface area contributed by atoms with Crippen LogP contribution in [0.15, 0.2) is 0 Å². The molecule has 40 heavy (non-hydrogen) atoms. The second-order valence-corrected chi connectivity index (χ2v) is 15.7. The zero-order chi connectivity index (χ0) is 28.8. The van der Waals surface area contributed by atoms with E-state index in [0.717, 1.165) is 61.7 Å². The lowest BCUT2D eigenvalue weighted by Crippen LogP contribution is -2.56. The highest BCUT2D eigenvalue weighted by Gasteiger charge is 2.62. The minimum absolute atomic E-state index is 0.384. The molecular weight excluding hydrogens is 490 g/mol. The van der Waals surface area contributed by atoms with Crippen LogP contribution in [0.2, 0.25) is 0 Å². The van der Waals surface area contributed by atoms with Crippen LogP contribution >= 0.6 is 0 Å². The Morgan fingerprint density at radius 3 is 2.27 bits per heavy atom. The average Bonchev–Trinajstić information content (AvgIpc) is 3.28. The van der Waals surface area contributed by atoms with Gasteiger partial charge in [-0.05, 0) is 117 Å². The number of carbonyl (C=O) groups is 2. The number of Topliss-reactive ketones (excluding diaryl/α,β-unsaturated/α-hetero) is 2. The van der Waals surface area contributed by atoms with Gasteiger partial charge in [0, 0.05) is 25.7 Å². The quantitative estimate of drug-likeness (QED) is 0.193. The second kappa shape index (κ2) is 14.7. The number of nitrogens with two attached hydrogens (primary N) is 1. The van der Waals surface area contributed by atoms with Gasteiger partial charge in [-0.3, -0.25) is 9.59 Å². The van der Waals surface area contributed by atoms with Gasteiger partial charge in [0.1, 0.15) is 11.6 Å². The van der Waals surface area contributed by atoms with Crippen LogP contribution in [-0.2, 0) is 9.59 Å². The van der Waals surface area contributed by atoms with Gasteiger partial charge in [-0.25, -0.2) is 0 Å². The van der Waals surface area contributed by atoms with Gasteiger partial charge < -0.3 is 5.73 Å². The summed E-state index contributed by atoms with van der Waals surface area (Å²) in [5.74, 6) is 5.96. The molecule has 4 saturated carbocycles. The third kappa shape index (κ3) is 7.08. The van der Waals surface area contributed by atoms with Crippen LogP contribution in [0, 0.1) is 52.3 Å². The van der Waals surface area contributed by atoms with Crippen molar-refractivity contribution in [2.24, 2.45) is 58.0 Å². The highest BCUT2D eigenvalue weighted by molar-refractivity contribution is 5.79. The van der Waals surface area contributed by atoms with E-state index in [1.165, 1.54) is 96.3 Å². The first-order chi connectivity index (χ1) is 19.2. The summed E-state index contributed by atoms with van der Waals surface area (Å²) in [7, 11) is 0. The van der Waals surface area contributed by atoms with Gasteiger partial charge in [0.15, 0.2) is 0 Å². The van der Waals surface area contributed by atoms with Crippen molar-refractivity contribution in [1.82, 2.24) is 0 Å². The highest BCUT2D eigenvalue weighted by atomic mass is 16.1. The largest absolute Gasteiger partial charge is 0.330 e. The molecule has 4 aliphatic rings. The standard InChI is InChI=1S/C37H65NO2/c1-5-6-7-8-9-10-11-15-30(39)17-16-27(2)32-18-19-33-35-28(26-31(40)21-24-38)25-29-14-12-13-22-36(29,3)34(35)20-23-37(32,33)4/h27-29,32-35H,5-26,38H2,1-4H3/t27-,28?,29?,32?,33?,34?,35?,36?,37?/m1/s1. The summed E-state index contributed by atoms with van der Waals surface area (Å²) in [6, 6.07) is 0. The molecule has 0 aliphatic heterocycles. The molecule has 3 nitrogen and oxygen atoms in total. The van der Waals surface area contributed by atoms with Gasteiger partial charge in [-0.15, -0.1) is 0 Å². The fourth-order valence-electron chi connectivity index (χ4n) is 11.2. The second-order valence-electron chi connectivity index (χ2n) is 15.7. The summed E-state index contributed by atoms with van der Waals surface area (Å²) < 4.78 is 0. The van der Waals surface area contributed by atoms with Crippen molar-refractivity contribution in [3.8, 4) is 0 Å². The molecule has 0 radical (unpaired) electrons. The molecule has 230 valence electrons. The molecule has 0 aromatic rings. The molecule has 0 bridgehead atoms. The maximum absolute atomic E-state index is 13.0. The SMILES string of the molecule is CCCCCCCCCC(=O)CC[C@@H](C)C1CCC2C3C(CC(=O)CCN)CC4CCCCC4(C)C3CCC21C. The van der Waals surface area contributed by atoms with Crippen LogP contribution in [-0.4, -0.2) is 18.1 Å². The molecular formula is C37H65NO2. The molecule has 2 N–H and O–H groups in total. The zero-order valence-electron chi connectivity index (χ0n) is 27.0. The molecule has 9 atom stereocenters. The van der Waals surface area contributed by atoms with Gasteiger partial charge in [0.2, 0.25) is 0 Å². The number of unbranched alkanes of at least 4 members (excludes halogenated alkanes) is 6. The fourth-order valence-corrected chi connectivity index (χ4v) is 11.2. The fraction of sp³-hybridized carbons (Fsp3) is 0.946. The molecule has 0 heterocycles. The normalized spacial score (nSPS) is 37.8. The molecule has 3 heteroatoms. The van der Waals surface area contributed by atoms with Crippen LogP contribution in [0.5, 0.6) is 0 Å². The summed E-state index contributed by atoms with van der Waals surface area (Å²) >= 11 is 0. The van der Waals surface area contributed by atoms with E-state index in [0.29, 0.717) is 47.2 Å². The number of carbonyl (C=O) groups excluding carboxylic acids is 2. The number of hydrogen-bond donors (Lipinski definition) is 1. The summed E-state index contributed by atoms with van der Waals surface area (Å²) in [6.07, 6.45) is 25.3. The van der Waals surface area contributed by atoms with Crippen molar-refractivity contribution >= 4 is 11.6 Å². The van der Waals surface area contributed by atoms with Crippen LogP contribution in [0.25, 0.3) is 0 Å². The number of ketones is 2. The predicted molar refractivity (Wildman–Crippen MR) is 168 cm³/mol. The van der Waals surface area contributed by atoms with Crippen LogP contribution in [0.3, 0.4) is 0 Å². The van der Waals surface area contributed by atoms with Crippen molar-refractivity contribution in [1.29, 1.82) is 0 Å². The minimum atomic E-state index is 0.384. The Balaban J connectivity index is 1.36. The van der Waals surface area contributed by atoms with Crippen molar-refractivity contribution in [2.75, 3.05) is 6.54 Å². The predicted octanol–water partition coefficient (Wildman–Crippen LogP) is 9.70. The summed E-state index contributed by atoms with van der Waals surface area (Å²) in [5.41, 5.74) is 6.69. The molecule has 4 rings (SSSR count). The Kier molecular flexibility index (Phi) is 11.8.